The van der Waals surface area contributed by atoms with Gasteiger partial charge in [0.05, 0.1) is 33.2 Å². The molecule has 1 atom stereocenters. The third-order valence-electron chi connectivity index (χ3n) is 4.97. The Labute approximate surface area is 159 Å². The van der Waals surface area contributed by atoms with Gasteiger partial charge in [-0.3, -0.25) is 15.1 Å². The SMILES string of the molecule is N#Cc1cnc2c(c1)CCC[C@@H]2Nc1ccc2[nH]nc(-c3cncs3)c2c1. The van der Waals surface area contributed by atoms with E-state index < -0.39 is 0 Å². The molecule has 0 bridgehead atoms. The van der Waals surface area contributed by atoms with Crippen molar-refractivity contribution in [3.63, 3.8) is 0 Å². The molecule has 0 saturated carbocycles. The standard InChI is InChI=1S/C20H16N6S/c21-8-12-6-13-2-1-3-17(19(13)23-9-12)24-14-4-5-16-15(7-14)20(26-25-16)18-10-22-11-27-18/h4-7,9-11,17,24H,1-3H2,(H,25,26)/t17-/m0/s1. The third kappa shape index (κ3) is 2.84. The van der Waals surface area contributed by atoms with E-state index >= 15 is 0 Å². The van der Waals surface area contributed by atoms with Crippen LogP contribution < -0.4 is 5.32 Å². The van der Waals surface area contributed by atoms with Crippen molar-refractivity contribution in [3.05, 3.63) is 59.0 Å². The number of hydrogen-bond acceptors (Lipinski definition) is 6. The van der Waals surface area contributed by atoms with Gasteiger partial charge in [0.1, 0.15) is 11.8 Å². The number of aromatic nitrogens is 4. The summed E-state index contributed by atoms with van der Waals surface area (Å²) in [5, 5.41) is 21.4. The molecule has 4 aromatic rings. The summed E-state index contributed by atoms with van der Waals surface area (Å²) in [6, 6.07) is 10.5. The van der Waals surface area contributed by atoms with Crippen LogP contribution >= 0.6 is 11.3 Å². The maximum atomic E-state index is 9.11. The van der Waals surface area contributed by atoms with Crippen molar-refractivity contribution in [1.82, 2.24) is 20.2 Å². The Morgan fingerprint density at radius 3 is 3.07 bits per heavy atom. The van der Waals surface area contributed by atoms with Gasteiger partial charge >= 0.3 is 0 Å². The maximum absolute atomic E-state index is 9.11. The molecule has 7 heteroatoms. The van der Waals surface area contributed by atoms with Crippen LogP contribution in [0.25, 0.3) is 21.5 Å². The molecule has 3 aromatic heterocycles. The highest BCUT2D eigenvalue weighted by atomic mass is 32.1. The molecule has 5 rings (SSSR count). The van der Waals surface area contributed by atoms with Crippen LogP contribution in [0, 0.1) is 11.3 Å². The normalized spacial score (nSPS) is 16.0. The predicted octanol–water partition coefficient (Wildman–Crippen LogP) is 4.44. The molecule has 0 fully saturated rings. The maximum Gasteiger partial charge on any atom is 0.112 e. The number of aryl methyl sites for hydroxylation is 1. The Morgan fingerprint density at radius 1 is 1.26 bits per heavy atom. The van der Waals surface area contributed by atoms with E-state index in [1.165, 1.54) is 5.56 Å². The van der Waals surface area contributed by atoms with Gasteiger partial charge in [-0.2, -0.15) is 10.4 Å². The van der Waals surface area contributed by atoms with E-state index in [1.807, 2.05) is 23.8 Å². The van der Waals surface area contributed by atoms with Crippen LogP contribution in [0.4, 0.5) is 5.69 Å². The smallest absolute Gasteiger partial charge is 0.112 e. The number of benzene rings is 1. The lowest BCUT2D eigenvalue weighted by Gasteiger charge is -2.26. The number of nitrogens with one attached hydrogen (secondary N) is 2. The molecule has 0 amide bonds. The molecule has 0 aliphatic heterocycles. The number of nitriles is 1. The van der Waals surface area contributed by atoms with Crippen molar-refractivity contribution in [1.29, 1.82) is 5.26 Å². The monoisotopic (exact) mass is 372 g/mol. The van der Waals surface area contributed by atoms with Gasteiger partial charge in [-0.25, -0.2) is 0 Å². The summed E-state index contributed by atoms with van der Waals surface area (Å²) in [6.45, 7) is 0. The number of hydrogen-bond donors (Lipinski definition) is 2. The van der Waals surface area contributed by atoms with Gasteiger partial charge in [0.25, 0.3) is 0 Å². The first kappa shape index (κ1) is 16.0. The molecule has 132 valence electrons. The van der Waals surface area contributed by atoms with Gasteiger partial charge in [-0.1, -0.05) is 0 Å². The van der Waals surface area contributed by atoms with Gasteiger partial charge in [0.15, 0.2) is 0 Å². The van der Waals surface area contributed by atoms with E-state index in [0.29, 0.717) is 5.56 Å². The summed E-state index contributed by atoms with van der Waals surface area (Å²) in [5.41, 5.74) is 7.64. The second-order valence-corrected chi connectivity index (χ2v) is 7.55. The van der Waals surface area contributed by atoms with Crippen molar-refractivity contribution in [3.8, 4) is 16.6 Å². The zero-order valence-electron chi connectivity index (χ0n) is 14.4. The number of rotatable bonds is 3. The van der Waals surface area contributed by atoms with Crippen LogP contribution in [0.1, 0.15) is 35.7 Å². The average molecular weight is 372 g/mol. The molecular formula is C20H16N6S. The van der Waals surface area contributed by atoms with Crippen LogP contribution in [-0.2, 0) is 6.42 Å². The number of fused-ring (bicyclic) bond motifs is 2. The first-order chi connectivity index (χ1) is 13.3. The summed E-state index contributed by atoms with van der Waals surface area (Å²) in [5.74, 6) is 0. The van der Waals surface area contributed by atoms with E-state index in [2.05, 4.69) is 43.7 Å². The molecule has 1 aromatic carbocycles. The Bertz CT molecular complexity index is 1160. The van der Waals surface area contributed by atoms with Gasteiger partial charge in [-0.15, -0.1) is 11.3 Å². The number of H-pyrrole nitrogens is 1. The second-order valence-electron chi connectivity index (χ2n) is 6.67. The zero-order valence-corrected chi connectivity index (χ0v) is 15.3. The van der Waals surface area contributed by atoms with Gasteiger partial charge in [0, 0.05) is 23.5 Å². The summed E-state index contributed by atoms with van der Waals surface area (Å²) < 4.78 is 0. The van der Waals surface area contributed by atoms with Crippen molar-refractivity contribution < 1.29 is 0 Å². The molecule has 2 N–H and O–H groups in total. The van der Waals surface area contributed by atoms with E-state index in [-0.39, 0.29) is 6.04 Å². The Kier molecular flexibility index (Phi) is 3.84. The lowest BCUT2D eigenvalue weighted by atomic mass is 9.91. The Balaban J connectivity index is 1.49. The van der Waals surface area contributed by atoms with Crippen LogP contribution in [0.15, 0.2) is 42.2 Å². The molecule has 0 saturated heterocycles. The largest absolute Gasteiger partial charge is 0.377 e. The number of nitrogens with zero attached hydrogens (tertiary/aromatic N) is 4. The lowest BCUT2D eigenvalue weighted by molar-refractivity contribution is 0.583. The molecule has 3 heterocycles. The fourth-order valence-corrected chi connectivity index (χ4v) is 4.32. The topological polar surface area (TPSA) is 90.3 Å². The quantitative estimate of drug-likeness (QED) is 0.555. The van der Waals surface area contributed by atoms with E-state index in [9.17, 15) is 0 Å². The van der Waals surface area contributed by atoms with Crippen LogP contribution in [0.3, 0.4) is 0 Å². The highest BCUT2D eigenvalue weighted by molar-refractivity contribution is 7.13. The number of anilines is 1. The summed E-state index contributed by atoms with van der Waals surface area (Å²) in [7, 11) is 0. The average Bonchev–Trinajstić information content (AvgIpc) is 3.37. The third-order valence-corrected chi connectivity index (χ3v) is 5.75. The van der Waals surface area contributed by atoms with Crippen LogP contribution in [0.5, 0.6) is 0 Å². The van der Waals surface area contributed by atoms with Gasteiger partial charge in [-0.05, 0) is 49.1 Å². The van der Waals surface area contributed by atoms with Crippen LogP contribution in [-0.4, -0.2) is 20.2 Å². The fraction of sp³-hybridized carbons (Fsp3) is 0.200. The van der Waals surface area contributed by atoms with E-state index in [1.54, 1.807) is 17.5 Å². The van der Waals surface area contributed by atoms with Crippen molar-refractivity contribution in [2.75, 3.05) is 5.32 Å². The molecule has 0 radical (unpaired) electrons. The van der Waals surface area contributed by atoms with Gasteiger partial charge in [0.2, 0.25) is 0 Å². The minimum atomic E-state index is 0.151. The van der Waals surface area contributed by atoms with Crippen molar-refractivity contribution >= 4 is 27.9 Å². The molecule has 0 unspecified atom stereocenters. The molecular weight excluding hydrogens is 356 g/mol. The fourth-order valence-electron chi connectivity index (χ4n) is 3.70. The minimum Gasteiger partial charge on any atom is -0.377 e. The summed E-state index contributed by atoms with van der Waals surface area (Å²) in [4.78, 5) is 9.77. The van der Waals surface area contributed by atoms with E-state index in [0.717, 1.165) is 52.1 Å². The number of thiazole rings is 1. The highest BCUT2D eigenvalue weighted by Crippen LogP contribution is 2.34. The first-order valence-electron chi connectivity index (χ1n) is 8.84. The number of pyridine rings is 1. The van der Waals surface area contributed by atoms with Gasteiger partial charge < -0.3 is 5.32 Å². The predicted molar refractivity (Wildman–Crippen MR) is 105 cm³/mol. The van der Waals surface area contributed by atoms with E-state index in [4.69, 9.17) is 5.26 Å². The first-order valence-corrected chi connectivity index (χ1v) is 9.72. The molecule has 27 heavy (non-hydrogen) atoms. The molecule has 1 aliphatic carbocycles. The Morgan fingerprint density at radius 2 is 2.22 bits per heavy atom. The minimum absolute atomic E-state index is 0.151. The highest BCUT2D eigenvalue weighted by Gasteiger charge is 2.22. The molecule has 1 aliphatic rings. The zero-order chi connectivity index (χ0) is 18.2. The van der Waals surface area contributed by atoms with Crippen LogP contribution in [0.2, 0.25) is 0 Å². The Hall–Kier alpha value is -3.24. The van der Waals surface area contributed by atoms with Crippen molar-refractivity contribution in [2.24, 2.45) is 0 Å². The second kappa shape index (κ2) is 6.49. The summed E-state index contributed by atoms with van der Waals surface area (Å²) in [6.07, 6.45) is 6.60. The van der Waals surface area contributed by atoms with Crippen molar-refractivity contribution in [2.45, 2.75) is 25.3 Å². The molecule has 6 nitrogen and oxygen atoms in total. The lowest BCUT2D eigenvalue weighted by Crippen LogP contribution is -2.19. The summed E-state index contributed by atoms with van der Waals surface area (Å²) >= 11 is 1.58. The molecule has 0 spiro atoms. The number of aromatic amines is 1.